The molecule has 1 aliphatic carbocycles. The van der Waals surface area contributed by atoms with E-state index in [1.165, 1.54) is 12.1 Å². The van der Waals surface area contributed by atoms with E-state index in [0.717, 1.165) is 5.56 Å². The van der Waals surface area contributed by atoms with Crippen molar-refractivity contribution >= 4 is 5.97 Å². The number of carboxylic acid groups (broad SMARTS) is 1. The van der Waals surface area contributed by atoms with E-state index in [0.29, 0.717) is 18.4 Å². The van der Waals surface area contributed by atoms with E-state index >= 15 is 0 Å². The van der Waals surface area contributed by atoms with Crippen molar-refractivity contribution in [2.24, 2.45) is 5.92 Å². The minimum atomic E-state index is -1.50. The van der Waals surface area contributed by atoms with E-state index in [2.05, 4.69) is 0 Å². The standard InChI is InChI=1S/C15H19FO3/c1-4-10(13(17)18)15(19)8-14(2,3)11-6-5-9(16)7-12(11)15/h5-7,10,19H,4,8H2,1-3H3,(H,17,18). The van der Waals surface area contributed by atoms with Crippen LogP contribution in [0.5, 0.6) is 0 Å². The largest absolute Gasteiger partial charge is 0.481 e. The molecule has 3 nitrogen and oxygen atoms in total. The zero-order valence-corrected chi connectivity index (χ0v) is 11.4. The van der Waals surface area contributed by atoms with Crippen LogP contribution in [0.4, 0.5) is 4.39 Å². The van der Waals surface area contributed by atoms with Crippen molar-refractivity contribution in [3.05, 3.63) is 35.1 Å². The normalized spacial score (nSPS) is 25.9. The van der Waals surface area contributed by atoms with E-state index in [1.807, 2.05) is 13.8 Å². The molecule has 0 bridgehead atoms. The van der Waals surface area contributed by atoms with Crippen LogP contribution in [0.25, 0.3) is 0 Å². The van der Waals surface area contributed by atoms with Gasteiger partial charge in [0.1, 0.15) is 11.4 Å². The summed E-state index contributed by atoms with van der Waals surface area (Å²) in [6, 6.07) is 4.28. The van der Waals surface area contributed by atoms with E-state index in [4.69, 9.17) is 0 Å². The molecule has 1 aromatic rings. The van der Waals surface area contributed by atoms with Gasteiger partial charge in [-0.15, -0.1) is 0 Å². The molecular formula is C15H19FO3. The number of carbonyl (C=O) groups is 1. The summed E-state index contributed by atoms with van der Waals surface area (Å²) >= 11 is 0. The Kier molecular flexibility index (Phi) is 3.17. The molecule has 104 valence electrons. The second-order valence-electron chi connectivity index (χ2n) is 5.97. The third-order valence-electron chi connectivity index (χ3n) is 4.17. The molecule has 0 aromatic heterocycles. The highest BCUT2D eigenvalue weighted by atomic mass is 19.1. The molecule has 2 atom stereocenters. The van der Waals surface area contributed by atoms with Crippen molar-refractivity contribution < 1.29 is 19.4 Å². The van der Waals surface area contributed by atoms with Gasteiger partial charge in [-0.1, -0.05) is 26.8 Å². The molecule has 0 amide bonds. The fraction of sp³-hybridized carbons (Fsp3) is 0.533. The lowest BCUT2D eigenvalue weighted by atomic mass is 9.78. The Bertz CT molecular complexity index is 524. The smallest absolute Gasteiger partial charge is 0.309 e. The lowest BCUT2D eigenvalue weighted by Crippen LogP contribution is -2.39. The Labute approximate surface area is 112 Å². The van der Waals surface area contributed by atoms with Gasteiger partial charge in [0.25, 0.3) is 0 Å². The van der Waals surface area contributed by atoms with Crippen molar-refractivity contribution in [2.45, 2.75) is 44.6 Å². The second kappa shape index (κ2) is 4.30. The van der Waals surface area contributed by atoms with Gasteiger partial charge in [-0.2, -0.15) is 0 Å². The predicted octanol–water partition coefficient (Wildman–Crippen LogP) is 2.81. The van der Waals surface area contributed by atoms with Gasteiger partial charge in [-0.25, -0.2) is 4.39 Å². The molecule has 0 radical (unpaired) electrons. The van der Waals surface area contributed by atoms with Crippen LogP contribution in [0, 0.1) is 11.7 Å². The summed E-state index contributed by atoms with van der Waals surface area (Å²) in [7, 11) is 0. The first-order valence-corrected chi connectivity index (χ1v) is 6.48. The van der Waals surface area contributed by atoms with E-state index in [-0.39, 0.29) is 5.41 Å². The zero-order valence-electron chi connectivity index (χ0n) is 11.4. The van der Waals surface area contributed by atoms with Crippen molar-refractivity contribution in [2.75, 3.05) is 0 Å². The van der Waals surface area contributed by atoms with Crippen molar-refractivity contribution in [3.8, 4) is 0 Å². The minimum absolute atomic E-state index is 0.295. The molecule has 0 spiro atoms. The summed E-state index contributed by atoms with van der Waals surface area (Å²) in [6.45, 7) is 5.60. The fourth-order valence-electron chi connectivity index (χ4n) is 3.36. The number of aliphatic carboxylic acids is 1. The van der Waals surface area contributed by atoms with Crippen LogP contribution in [0.1, 0.15) is 44.7 Å². The van der Waals surface area contributed by atoms with E-state index in [9.17, 15) is 19.4 Å². The van der Waals surface area contributed by atoms with Crippen LogP contribution < -0.4 is 0 Å². The Hall–Kier alpha value is -1.42. The third kappa shape index (κ3) is 2.04. The Morgan fingerprint density at radius 3 is 2.58 bits per heavy atom. The summed E-state index contributed by atoms with van der Waals surface area (Å²) in [5, 5.41) is 20.2. The summed E-state index contributed by atoms with van der Waals surface area (Å²) < 4.78 is 13.5. The maximum absolute atomic E-state index is 13.5. The Morgan fingerprint density at radius 2 is 2.05 bits per heavy atom. The molecule has 2 rings (SSSR count). The quantitative estimate of drug-likeness (QED) is 0.884. The average molecular weight is 266 g/mol. The zero-order chi connectivity index (χ0) is 14.4. The first-order valence-electron chi connectivity index (χ1n) is 6.48. The van der Waals surface area contributed by atoms with Crippen LogP contribution >= 0.6 is 0 Å². The molecule has 0 saturated carbocycles. The number of carboxylic acids is 1. The Morgan fingerprint density at radius 1 is 1.42 bits per heavy atom. The van der Waals surface area contributed by atoms with Gasteiger partial charge in [0.15, 0.2) is 0 Å². The highest BCUT2D eigenvalue weighted by Crippen LogP contribution is 2.52. The monoisotopic (exact) mass is 266 g/mol. The van der Waals surface area contributed by atoms with Gasteiger partial charge in [-0.05, 0) is 41.5 Å². The minimum Gasteiger partial charge on any atom is -0.481 e. The first-order chi connectivity index (χ1) is 8.72. The number of hydrogen-bond acceptors (Lipinski definition) is 2. The van der Waals surface area contributed by atoms with Gasteiger partial charge in [0.2, 0.25) is 0 Å². The molecular weight excluding hydrogens is 247 g/mol. The number of halogens is 1. The molecule has 0 aliphatic heterocycles. The van der Waals surface area contributed by atoms with Gasteiger partial charge >= 0.3 is 5.97 Å². The van der Waals surface area contributed by atoms with Crippen molar-refractivity contribution in [1.29, 1.82) is 0 Å². The number of rotatable bonds is 3. The highest BCUT2D eigenvalue weighted by Gasteiger charge is 2.52. The molecule has 1 aromatic carbocycles. The summed E-state index contributed by atoms with van der Waals surface area (Å²) in [5.74, 6) is -2.41. The van der Waals surface area contributed by atoms with Gasteiger partial charge in [0, 0.05) is 0 Å². The van der Waals surface area contributed by atoms with Crippen molar-refractivity contribution in [1.82, 2.24) is 0 Å². The number of fused-ring (bicyclic) bond motifs is 1. The predicted molar refractivity (Wildman–Crippen MR) is 69.4 cm³/mol. The van der Waals surface area contributed by atoms with Crippen LogP contribution in [0.3, 0.4) is 0 Å². The summed E-state index contributed by atoms with van der Waals surface area (Å²) in [6.07, 6.45) is 0.599. The maximum Gasteiger partial charge on any atom is 0.309 e. The molecule has 2 unspecified atom stereocenters. The number of aliphatic hydroxyl groups is 1. The van der Waals surface area contributed by atoms with Crippen LogP contribution in [-0.2, 0) is 15.8 Å². The van der Waals surface area contributed by atoms with Gasteiger partial charge in [0.05, 0.1) is 5.92 Å². The van der Waals surface area contributed by atoms with Gasteiger partial charge < -0.3 is 10.2 Å². The highest BCUT2D eigenvalue weighted by molar-refractivity contribution is 5.73. The third-order valence-corrected chi connectivity index (χ3v) is 4.17. The average Bonchev–Trinajstić information content (AvgIpc) is 2.46. The lowest BCUT2D eigenvalue weighted by Gasteiger charge is -2.31. The lowest BCUT2D eigenvalue weighted by molar-refractivity contribution is -0.154. The van der Waals surface area contributed by atoms with E-state index in [1.54, 1.807) is 13.0 Å². The number of benzene rings is 1. The van der Waals surface area contributed by atoms with Crippen molar-refractivity contribution in [3.63, 3.8) is 0 Å². The first kappa shape index (κ1) is 14.0. The molecule has 1 aliphatic rings. The molecule has 0 fully saturated rings. The van der Waals surface area contributed by atoms with E-state index < -0.39 is 23.3 Å². The molecule has 0 heterocycles. The van der Waals surface area contributed by atoms with Crippen LogP contribution in [0.2, 0.25) is 0 Å². The molecule has 0 saturated heterocycles. The fourth-order valence-corrected chi connectivity index (χ4v) is 3.36. The van der Waals surface area contributed by atoms with Gasteiger partial charge in [-0.3, -0.25) is 4.79 Å². The maximum atomic E-state index is 13.5. The Balaban J connectivity index is 2.63. The van der Waals surface area contributed by atoms with Crippen LogP contribution in [-0.4, -0.2) is 16.2 Å². The summed E-state index contributed by atoms with van der Waals surface area (Å²) in [4.78, 5) is 11.4. The SMILES string of the molecule is CCC(C(=O)O)C1(O)CC(C)(C)c2ccc(F)cc21. The molecule has 4 heteroatoms. The van der Waals surface area contributed by atoms with Crippen LogP contribution in [0.15, 0.2) is 18.2 Å². The molecule has 2 N–H and O–H groups in total. The summed E-state index contributed by atoms with van der Waals surface area (Å²) in [5.41, 5.74) is -0.606. The topological polar surface area (TPSA) is 57.5 Å². The second-order valence-corrected chi connectivity index (χ2v) is 5.97. The number of hydrogen-bond donors (Lipinski definition) is 2. The molecule has 19 heavy (non-hydrogen) atoms.